The first-order valence-electron chi connectivity index (χ1n) is 4.73. The van der Waals surface area contributed by atoms with E-state index in [9.17, 15) is 10.2 Å². The van der Waals surface area contributed by atoms with Crippen LogP contribution in [0.2, 0.25) is 0 Å². The molecular weight excluding hydrogens is 180 g/mol. The molecule has 0 saturated heterocycles. The molecule has 1 aromatic heterocycles. The fraction of sp³-hybridized carbons (Fsp3) is 0.500. The minimum absolute atomic E-state index is 0.273. The van der Waals surface area contributed by atoms with Crippen LogP contribution in [0.4, 0.5) is 5.82 Å². The molecule has 4 N–H and O–H groups in total. The number of nitrogens with two attached hydrogens (primary N) is 1. The summed E-state index contributed by atoms with van der Waals surface area (Å²) < 4.78 is 0. The van der Waals surface area contributed by atoms with E-state index >= 15 is 0 Å². The Morgan fingerprint density at radius 1 is 1.50 bits per heavy atom. The first-order chi connectivity index (χ1) is 6.66. The van der Waals surface area contributed by atoms with Crippen molar-refractivity contribution in [1.82, 2.24) is 4.98 Å². The monoisotopic (exact) mass is 196 g/mol. The van der Waals surface area contributed by atoms with Crippen LogP contribution >= 0.6 is 0 Å². The molecule has 2 unspecified atom stereocenters. The van der Waals surface area contributed by atoms with E-state index in [0.29, 0.717) is 12.0 Å². The molecule has 0 aliphatic heterocycles. The van der Waals surface area contributed by atoms with Crippen LogP contribution in [0.25, 0.3) is 0 Å². The Bertz CT molecular complexity index is 291. The lowest BCUT2D eigenvalue weighted by Crippen LogP contribution is -2.19. The second-order valence-corrected chi connectivity index (χ2v) is 3.28. The van der Waals surface area contributed by atoms with Gasteiger partial charge in [0.25, 0.3) is 0 Å². The Hall–Kier alpha value is -1.13. The number of aliphatic hydroxyl groups is 2. The summed E-state index contributed by atoms with van der Waals surface area (Å²) in [6.07, 6.45) is 1.21. The van der Waals surface area contributed by atoms with Crippen molar-refractivity contribution in [2.75, 3.05) is 5.73 Å². The Morgan fingerprint density at radius 3 is 2.79 bits per heavy atom. The lowest BCUT2D eigenvalue weighted by Gasteiger charge is -2.18. The largest absolute Gasteiger partial charge is 0.390 e. The van der Waals surface area contributed by atoms with Gasteiger partial charge in [-0.15, -0.1) is 0 Å². The Kier molecular flexibility index (Phi) is 3.85. The number of nitrogens with zero attached hydrogens (tertiary/aromatic N) is 1. The lowest BCUT2D eigenvalue weighted by molar-refractivity contribution is 0.0134. The topological polar surface area (TPSA) is 79.4 Å². The van der Waals surface area contributed by atoms with Gasteiger partial charge in [-0.25, -0.2) is 4.98 Å². The van der Waals surface area contributed by atoms with Gasteiger partial charge in [-0.05, 0) is 12.5 Å². The molecule has 0 saturated carbocycles. The fourth-order valence-corrected chi connectivity index (χ4v) is 1.34. The van der Waals surface area contributed by atoms with Gasteiger partial charge in [0.1, 0.15) is 11.9 Å². The highest BCUT2D eigenvalue weighted by Crippen LogP contribution is 2.23. The molecule has 0 fully saturated rings. The average molecular weight is 196 g/mol. The van der Waals surface area contributed by atoms with Gasteiger partial charge in [-0.3, -0.25) is 0 Å². The van der Waals surface area contributed by atoms with E-state index in [1.54, 1.807) is 18.3 Å². The quantitative estimate of drug-likeness (QED) is 0.667. The van der Waals surface area contributed by atoms with Crippen LogP contribution in [0.15, 0.2) is 18.3 Å². The predicted octanol–water partition coefficient (Wildman–Crippen LogP) is 0.858. The molecular formula is C10H16N2O2. The molecule has 0 spiro atoms. The molecule has 0 bridgehead atoms. The SMILES string of the molecule is CCCC(O)C(O)c1cccnc1N. The zero-order valence-corrected chi connectivity index (χ0v) is 8.22. The molecule has 2 atom stereocenters. The van der Waals surface area contributed by atoms with E-state index in [-0.39, 0.29) is 5.82 Å². The van der Waals surface area contributed by atoms with Crippen molar-refractivity contribution < 1.29 is 10.2 Å². The minimum atomic E-state index is -0.941. The number of rotatable bonds is 4. The molecule has 0 amide bonds. The van der Waals surface area contributed by atoms with Gasteiger partial charge < -0.3 is 15.9 Å². The van der Waals surface area contributed by atoms with Gasteiger partial charge in [-0.1, -0.05) is 19.4 Å². The van der Waals surface area contributed by atoms with Crippen LogP contribution in [0, 0.1) is 0 Å². The zero-order chi connectivity index (χ0) is 10.6. The average Bonchev–Trinajstić information content (AvgIpc) is 2.18. The van der Waals surface area contributed by atoms with Gasteiger partial charge in [0.15, 0.2) is 0 Å². The third-order valence-electron chi connectivity index (χ3n) is 2.14. The molecule has 0 aliphatic carbocycles. The standard InChI is InChI=1S/C10H16N2O2/c1-2-4-8(13)9(14)7-5-3-6-12-10(7)11/h3,5-6,8-9,13-14H,2,4H2,1H3,(H2,11,12). The van der Waals surface area contributed by atoms with Crippen LogP contribution in [-0.4, -0.2) is 21.3 Å². The molecule has 1 aromatic rings. The van der Waals surface area contributed by atoms with E-state index in [0.717, 1.165) is 6.42 Å². The molecule has 0 aromatic carbocycles. The van der Waals surface area contributed by atoms with Crippen molar-refractivity contribution in [3.63, 3.8) is 0 Å². The number of aromatic nitrogens is 1. The number of pyridine rings is 1. The van der Waals surface area contributed by atoms with E-state index in [4.69, 9.17) is 5.73 Å². The van der Waals surface area contributed by atoms with Crippen molar-refractivity contribution in [2.24, 2.45) is 0 Å². The maximum atomic E-state index is 9.73. The summed E-state index contributed by atoms with van der Waals surface area (Å²) in [5, 5.41) is 19.3. The van der Waals surface area contributed by atoms with E-state index in [1.807, 2.05) is 6.92 Å². The first kappa shape index (κ1) is 10.9. The fourth-order valence-electron chi connectivity index (χ4n) is 1.34. The Labute approximate surface area is 83.4 Å². The van der Waals surface area contributed by atoms with Crippen LogP contribution in [0.1, 0.15) is 31.4 Å². The van der Waals surface area contributed by atoms with Gasteiger partial charge in [0.05, 0.1) is 6.10 Å². The highest BCUT2D eigenvalue weighted by Gasteiger charge is 2.19. The highest BCUT2D eigenvalue weighted by molar-refractivity contribution is 5.40. The summed E-state index contributed by atoms with van der Waals surface area (Å²) in [5.41, 5.74) is 6.07. The second-order valence-electron chi connectivity index (χ2n) is 3.28. The van der Waals surface area contributed by atoms with E-state index in [1.165, 1.54) is 0 Å². The minimum Gasteiger partial charge on any atom is -0.390 e. The van der Waals surface area contributed by atoms with Gasteiger partial charge in [0, 0.05) is 11.8 Å². The van der Waals surface area contributed by atoms with Gasteiger partial charge in [0.2, 0.25) is 0 Å². The Balaban J connectivity index is 2.78. The van der Waals surface area contributed by atoms with E-state index in [2.05, 4.69) is 4.98 Å². The number of aliphatic hydroxyl groups excluding tert-OH is 2. The lowest BCUT2D eigenvalue weighted by atomic mass is 10.0. The number of anilines is 1. The molecule has 78 valence electrons. The van der Waals surface area contributed by atoms with Crippen molar-refractivity contribution in [2.45, 2.75) is 32.0 Å². The number of hydrogen-bond donors (Lipinski definition) is 3. The summed E-state index contributed by atoms with van der Waals surface area (Å²) >= 11 is 0. The summed E-state index contributed by atoms with van der Waals surface area (Å²) in [5.74, 6) is 0.273. The van der Waals surface area contributed by atoms with Gasteiger partial charge >= 0.3 is 0 Å². The zero-order valence-electron chi connectivity index (χ0n) is 8.22. The highest BCUT2D eigenvalue weighted by atomic mass is 16.3. The normalized spacial score (nSPS) is 15.1. The van der Waals surface area contributed by atoms with Crippen LogP contribution in [-0.2, 0) is 0 Å². The molecule has 4 nitrogen and oxygen atoms in total. The summed E-state index contributed by atoms with van der Waals surface area (Å²) in [6.45, 7) is 1.95. The molecule has 1 rings (SSSR count). The van der Waals surface area contributed by atoms with Crippen molar-refractivity contribution in [1.29, 1.82) is 0 Å². The second kappa shape index (κ2) is 4.93. The summed E-state index contributed by atoms with van der Waals surface area (Å²) in [6, 6.07) is 3.36. The molecule has 0 aliphatic rings. The number of hydrogen-bond acceptors (Lipinski definition) is 4. The van der Waals surface area contributed by atoms with Crippen molar-refractivity contribution in [3.05, 3.63) is 23.9 Å². The predicted molar refractivity (Wildman–Crippen MR) is 54.5 cm³/mol. The molecule has 4 heteroatoms. The van der Waals surface area contributed by atoms with Crippen LogP contribution in [0.5, 0.6) is 0 Å². The Morgan fingerprint density at radius 2 is 2.21 bits per heavy atom. The summed E-state index contributed by atoms with van der Waals surface area (Å²) in [4.78, 5) is 3.85. The van der Waals surface area contributed by atoms with Gasteiger partial charge in [-0.2, -0.15) is 0 Å². The molecule has 0 radical (unpaired) electrons. The summed E-state index contributed by atoms with van der Waals surface area (Å²) in [7, 11) is 0. The molecule has 1 heterocycles. The van der Waals surface area contributed by atoms with Crippen molar-refractivity contribution in [3.8, 4) is 0 Å². The molecule has 14 heavy (non-hydrogen) atoms. The van der Waals surface area contributed by atoms with Crippen LogP contribution < -0.4 is 5.73 Å². The van der Waals surface area contributed by atoms with E-state index < -0.39 is 12.2 Å². The number of nitrogen functional groups attached to an aromatic ring is 1. The smallest absolute Gasteiger partial charge is 0.129 e. The van der Waals surface area contributed by atoms with Crippen molar-refractivity contribution >= 4 is 5.82 Å². The third kappa shape index (κ3) is 2.43. The maximum absolute atomic E-state index is 9.73. The van der Waals surface area contributed by atoms with Crippen LogP contribution in [0.3, 0.4) is 0 Å². The first-order valence-corrected chi connectivity index (χ1v) is 4.73. The maximum Gasteiger partial charge on any atom is 0.129 e. The third-order valence-corrected chi connectivity index (χ3v) is 2.14.